The second-order valence-corrected chi connectivity index (χ2v) is 9.30. The molecular formula is C24H23N3O5S. The Morgan fingerprint density at radius 3 is 2.24 bits per heavy atom. The lowest BCUT2D eigenvalue weighted by atomic mass is 10.1. The fourth-order valence-corrected chi connectivity index (χ4v) is 4.89. The molecule has 0 radical (unpaired) electrons. The van der Waals surface area contributed by atoms with Crippen LogP contribution in [0.4, 0.5) is 11.4 Å². The maximum Gasteiger partial charge on any atom is 0.257 e. The summed E-state index contributed by atoms with van der Waals surface area (Å²) in [6.07, 6.45) is 0. The lowest BCUT2D eigenvalue weighted by Gasteiger charge is -2.26. The summed E-state index contributed by atoms with van der Waals surface area (Å²) in [6, 6.07) is 21.5. The zero-order chi connectivity index (χ0) is 23.3. The Morgan fingerprint density at radius 2 is 1.48 bits per heavy atom. The number of hydrogen-bond donors (Lipinski definition) is 2. The molecular weight excluding hydrogens is 442 g/mol. The van der Waals surface area contributed by atoms with Crippen LogP contribution in [-0.2, 0) is 14.8 Å². The van der Waals surface area contributed by atoms with Gasteiger partial charge in [0.25, 0.3) is 11.8 Å². The van der Waals surface area contributed by atoms with Crippen LogP contribution < -0.4 is 10.6 Å². The van der Waals surface area contributed by atoms with Crippen molar-refractivity contribution in [2.45, 2.75) is 4.90 Å². The van der Waals surface area contributed by atoms with Crippen LogP contribution in [0.15, 0.2) is 83.8 Å². The van der Waals surface area contributed by atoms with Crippen molar-refractivity contribution in [3.05, 3.63) is 90.0 Å². The molecule has 0 aromatic heterocycles. The molecule has 1 fully saturated rings. The summed E-state index contributed by atoms with van der Waals surface area (Å²) >= 11 is 0. The summed E-state index contributed by atoms with van der Waals surface area (Å²) in [5, 5.41) is 5.52. The van der Waals surface area contributed by atoms with E-state index in [0.717, 1.165) is 0 Å². The number of nitrogens with zero attached hydrogens (tertiary/aromatic N) is 1. The highest BCUT2D eigenvalue weighted by Crippen LogP contribution is 2.21. The fourth-order valence-electron chi connectivity index (χ4n) is 3.44. The van der Waals surface area contributed by atoms with Crippen LogP contribution >= 0.6 is 0 Å². The quantitative estimate of drug-likeness (QED) is 0.582. The molecule has 1 saturated heterocycles. The molecule has 33 heavy (non-hydrogen) atoms. The molecule has 0 saturated carbocycles. The summed E-state index contributed by atoms with van der Waals surface area (Å²) in [5.41, 5.74) is 1.40. The third kappa shape index (κ3) is 5.28. The maximum absolute atomic E-state index is 12.9. The van der Waals surface area contributed by atoms with Gasteiger partial charge in [0.2, 0.25) is 10.0 Å². The Hall–Kier alpha value is -3.53. The molecule has 8 nitrogen and oxygen atoms in total. The van der Waals surface area contributed by atoms with E-state index in [1.54, 1.807) is 48.5 Å². The van der Waals surface area contributed by atoms with E-state index in [9.17, 15) is 18.0 Å². The largest absolute Gasteiger partial charge is 0.379 e. The number of benzene rings is 3. The van der Waals surface area contributed by atoms with Crippen LogP contribution in [0.25, 0.3) is 0 Å². The van der Waals surface area contributed by atoms with Gasteiger partial charge in [0.1, 0.15) is 0 Å². The Labute approximate surface area is 192 Å². The number of amides is 2. The van der Waals surface area contributed by atoms with E-state index >= 15 is 0 Å². The van der Waals surface area contributed by atoms with Crippen LogP contribution in [0.3, 0.4) is 0 Å². The Bertz CT molecular complexity index is 1260. The summed E-state index contributed by atoms with van der Waals surface area (Å²) < 4.78 is 32.4. The molecule has 0 unspecified atom stereocenters. The van der Waals surface area contributed by atoms with Gasteiger partial charge in [0.15, 0.2) is 0 Å². The number of para-hydroxylation sites is 2. The SMILES string of the molecule is O=C(Nc1ccccc1C(=O)Nc1ccccc1)c1cccc(S(=O)(=O)N2CCOCC2)c1. The molecule has 0 spiro atoms. The first kappa shape index (κ1) is 22.7. The molecule has 1 aliphatic heterocycles. The van der Waals surface area contributed by atoms with Crippen molar-refractivity contribution in [2.24, 2.45) is 0 Å². The van der Waals surface area contributed by atoms with Crippen molar-refractivity contribution in [3.63, 3.8) is 0 Å². The average molecular weight is 466 g/mol. The van der Waals surface area contributed by atoms with Gasteiger partial charge in [-0.3, -0.25) is 9.59 Å². The predicted molar refractivity (Wildman–Crippen MR) is 125 cm³/mol. The summed E-state index contributed by atoms with van der Waals surface area (Å²) in [7, 11) is -3.74. The number of carbonyl (C=O) groups is 2. The first-order valence-corrected chi connectivity index (χ1v) is 11.8. The van der Waals surface area contributed by atoms with Crippen LogP contribution in [-0.4, -0.2) is 50.8 Å². The van der Waals surface area contributed by atoms with E-state index in [4.69, 9.17) is 4.74 Å². The summed E-state index contributed by atoms with van der Waals surface area (Å²) in [5.74, 6) is -0.894. The van der Waals surface area contributed by atoms with Gasteiger partial charge in [-0.15, -0.1) is 0 Å². The summed E-state index contributed by atoms with van der Waals surface area (Å²) in [4.78, 5) is 25.7. The highest BCUT2D eigenvalue weighted by molar-refractivity contribution is 7.89. The van der Waals surface area contributed by atoms with Gasteiger partial charge in [0, 0.05) is 24.3 Å². The molecule has 1 heterocycles. The maximum atomic E-state index is 12.9. The molecule has 170 valence electrons. The van der Waals surface area contributed by atoms with E-state index in [1.165, 1.54) is 28.6 Å². The Kier molecular flexibility index (Phi) is 6.83. The third-order valence-corrected chi connectivity index (χ3v) is 7.05. The number of rotatable bonds is 6. The number of anilines is 2. The molecule has 0 atom stereocenters. The minimum atomic E-state index is -3.74. The van der Waals surface area contributed by atoms with Crippen molar-refractivity contribution in [1.29, 1.82) is 0 Å². The van der Waals surface area contributed by atoms with Crippen molar-refractivity contribution in [2.75, 3.05) is 36.9 Å². The minimum absolute atomic E-state index is 0.0344. The molecule has 1 aliphatic rings. The number of morpholine rings is 1. The highest BCUT2D eigenvalue weighted by atomic mass is 32.2. The molecule has 3 aromatic carbocycles. The van der Waals surface area contributed by atoms with Crippen molar-refractivity contribution in [3.8, 4) is 0 Å². The third-order valence-electron chi connectivity index (χ3n) is 5.16. The summed E-state index contributed by atoms with van der Waals surface area (Å²) in [6.45, 7) is 1.20. The van der Waals surface area contributed by atoms with Crippen LogP contribution in [0.5, 0.6) is 0 Å². The Morgan fingerprint density at radius 1 is 0.788 bits per heavy atom. The molecule has 3 aromatic rings. The van der Waals surface area contributed by atoms with Gasteiger partial charge >= 0.3 is 0 Å². The molecule has 4 rings (SSSR count). The molecule has 9 heteroatoms. The first-order valence-electron chi connectivity index (χ1n) is 10.4. The number of hydrogen-bond acceptors (Lipinski definition) is 5. The van der Waals surface area contributed by atoms with Crippen molar-refractivity contribution in [1.82, 2.24) is 4.31 Å². The van der Waals surface area contributed by atoms with E-state index in [-0.39, 0.29) is 35.0 Å². The molecule has 2 N–H and O–H groups in total. The number of sulfonamides is 1. The van der Waals surface area contributed by atoms with Gasteiger partial charge in [-0.2, -0.15) is 4.31 Å². The van der Waals surface area contributed by atoms with E-state index in [2.05, 4.69) is 10.6 Å². The van der Waals surface area contributed by atoms with Crippen LogP contribution in [0.1, 0.15) is 20.7 Å². The number of ether oxygens (including phenoxy) is 1. The fraction of sp³-hybridized carbons (Fsp3) is 0.167. The lowest BCUT2D eigenvalue weighted by Crippen LogP contribution is -2.40. The van der Waals surface area contributed by atoms with Crippen molar-refractivity contribution < 1.29 is 22.7 Å². The predicted octanol–water partition coefficient (Wildman–Crippen LogP) is 3.21. The van der Waals surface area contributed by atoms with Gasteiger partial charge in [-0.1, -0.05) is 36.4 Å². The van der Waals surface area contributed by atoms with Crippen LogP contribution in [0, 0.1) is 0 Å². The average Bonchev–Trinajstić information content (AvgIpc) is 2.85. The molecule has 2 amide bonds. The topological polar surface area (TPSA) is 105 Å². The standard InChI is InChI=1S/C24H23N3O5S/c28-23(18-7-6-10-20(17-18)33(30,31)27-13-15-32-16-14-27)26-22-12-5-4-11-21(22)24(29)25-19-8-2-1-3-9-19/h1-12,17H,13-16H2,(H,25,29)(H,26,28). The highest BCUT2D eigenvalue weighted by Gasteiger charge is 2.27. The van der Waals surface area contributed by atoms with Gasteiger partial charge in [-0.05, 0) is 42.5 Å². The van der Waals surface area contributed by atoms with Crippen LogP contribution in [0.2, 0.25) is 0 Å². The molecule has 0 aliphatic carbocycles. The zero-order valence-corrected chi connectivity index (χ0v) is 18.5. The zero-order valence-electron chi connectivity index (χ0n) is 17.7. The number of carbonyl (C=O) groups excluding carboxylic acids is 2. The second kappa shape index (κ2) is 9.95. The van der Waals surface area contributed by atoms with Gasteiger partial charge in [-0.25, -0.2) is 8.42 Å². The van der Waals surface area contributed by atoms with E-state index in [0.29, 0.717) is 24.6 Å². The van der Waals surface area contributed by atoms with E-state index < -0.39 is 15.9 Å². The van der Waals surface area contributed by atoms with Gasteiger partial charge < -0.3 is 15.4 Å². The number of nitrogens with one attached hydrogen (secondary N) is 2. The first-order chi connectivity index (χ1) is 15.9. The van der Waals surface area contributed by atoms with Gasteiger partial charge in [0.05, 0.1) is 29.4 Å². The second-order valence-electron chi connectivity index (χ2n) is 7.36. The smallest absolute Gasteiger partial charge is 0.257 e. The van der Waals surface area contributed by atoms with Crippen molar-refractivity contribution >= 4 is 33.2 Å². The Balaban J connectivity index is 1.54. The minimum Gasteiger partial charge on any atom is -0.379 e. The monoisotopic (exact) mass is 465 g/mol. The molecule has 0 bridgehead atoms. The normalized spacial score (nSPS) is 14.4. The lowest BCUT2D eigenvalue weighted by molar-refractivity contribution is 0.0730. The van der Waals surface area contributed by atoms with E-state index in [1.807, 2.05) is 6.07 Å².